The van der Waals surface area contributed by atoms with Crippen LogP contribution in [-0.4, -0.2) is 6.18 Å². The quantitative estimate of drug-likeness (QED) is 0.696. The first-order valence-corrected chi connectivity index (χ1v) is 6.16. The molecule has 0 unspecified atom stereocenters. The highest BCUT2D eigenvalue weighted by Gasteiger charge is 2.64. The summed E-state index contributed by atoms with van der Waals surface area (Å²) in [5, 5.41) is 0. The number of hydrogen-bond donors (Lipinski definition) is 0. The van der Waals surface area contributed by atoms with Crippen molar-refractivity contribution in [1.82, 2.24) is 0 Å². The lowest BCUT2D eigenvalue weighted by atomic mass is 9.94. The Kier molecular flexibility index (Phi) is 4.23. The highest BCUT2D eigenvalue weighted by atomic mass is 19.4. The van der Waals surface area contributed by atoms with Crippen molar-refractivity contribution in [2.75, 3.05) is 0 Å². The van der Waals surface area contributed by atoms with E-state index in [1.807, 2.05) is 20.8 Å². The number of hydrogen-bond acceptors (Lipinski definition) is 0. The molecule has 1 aromatic carbocycles. The lowest BCUT2D eigenvalue weighted by Gasteiger charge is -2.19. The van der Waals surface area contributed by atoms with Gasteiger partial charge in [0.1, 0.15) is 0 Å². The molecule has 1 saturated carbocycles. The lowest BCUT2D eigenvalue weighted by Crippen LogP contribution is -2.28. The van der Waals surface area contributed by atoms with E-state index in [2.05, 4.69) is 0 Å². The zero-order valence-electron chi connectivity index (χ0n) is 10.6. The van der Waals surface area contributed by atoms with Crippen molar-refractivity contribution in [2.24, 2.45) is 0 Å². The average Bonchev–Trinajstić information content (AvgIpc) is 3.12. The predicted octanol–water partition coefficient (Wildman–Crippen LogP) is 4.87. The Morgan fingerprint density at radius 3 is 1.82 bits per heavy atom. The summed E-state index contributed by atoms with van der Waals surface area (Å²) in [6.45, 7) is 5.99. The Morgan fingerprint density at radius 2 is 1.53 bits per heavy atom. The SMILES string of the molecule is CC.CCc1ccc(C2(C(F)(F)F)CC2)cc1. The average molecular weight is 244 g/mol. The molecule has 0 N–H and O–H groups in total. The Morgan fingerprint density at radius 1 is 1.06 bits per heavy atom. The van der Waals surface area contributed by atoms with Crippen LogP contribution in [0.3, 0.4) is 0 Å². The molecule has 0 nitrogen and oxygen atoms in total. The molecule has 96 valence electrons. The Balaban J connectivity index is 0.000000686. The third kappa shape index (κ3) is 2.64. The second kappa shape index (κ2) is 5.11. The number of benzene rings is 1. The van der Waals surface area contributed by atoms with Crippen molar-refractivity contribution in [2.45, 2.75) is 51.6 Å². The van der Waals surface area contributed by atoms with Gasteiger partial charge in [0.15, 0.2) is 0 Å². The van der Waals surface area contributed by atoms with E-state index in [1.54, 1.807) is 24.3 Å². The molecule has 3 heteroatoms. The minimum Gasteiger partial charge on any atom is -0.170 e. The Labute approximate surface area is 101 Å². The van der Waals surface area contributed by atoms with Gasteiger partial charge in [0.05, 0.1) is 5.41 Å². The number of halogens is 3. The van der Waals surface area contributed by atoms with Crippen molar-refractivity contribution >= 4 is 0 Å². The van der Waals surface area contributed by atoms with Gasteiger partial charge in [-0.25, -0.2) is 0 Å². The van der Waals surface area contributed by atoms with Crippen LogP contribution in [0.1, 0.15) is 44.7 Å². The van der Waals surface area contributed by atoms with Gasteiger partial charge in [0.25, 0.3) is 0 Å². The molecule has 0 aliphatic heterocycles. The summed E-state index contributed by atoms with van der Waals surface area (Å²) in [6.07, 6.45) is -2.76. The molecule has 0 spiro atoms. The fourth-order valence-corrected chi connectivity index (χ4v) is 1.92. The lowest BCUT2D eigenvalue weighted by molar-refractivity contribution is -0.160. The second-order valence-corrected chi connectivity index (χ2v) is 4.13. The van der Waals surface area contributed by atoms with Crippen LogP contribution in [0.25, 0.3) is 0 Å². The zero-order valence-corrected chi connectivity index (χ0v) is 10.6. The molecular weight excluding hydrogens is 225 g/mol. The van der Waals surface area contributed by atoms with Gasteiger partial charge in [0, 0.05) is 0 Å². The van der Waals surface area contributed by atoms with Crippen molar-refractivity contribution in [3.8, 4) is 0 Å². The smallest absolute Gasteiger partial charge is 0.170 e. The van der Waals surface area contributed by atoms with Gasteiger partial charge in [-0.05, 0) is 30.4 Å². The minimum atomic E-state index is -4.10. The van der Waals surface area contributed by atoms with Gasteiger partial charge in [-0.2, -0.15) is 13.2 Å². The minimum absolute atomic E-state index is 0.238. The molecule has 0 bridgehead atoms. The maximum atomic E-state index is 12.8. The van der Waals surface area contributed by atoms with Crippen molar-refractivity contribution in [1.29, 1.82) is 0 Å². The van der Waals surface area contributed by atoms with Crippen LogP contribution in [0.4, 0.5) is 13.2 Å². The van der Waals surface area contributed by atoms with Crippen LogP contribution < -0.4 is 0 Å². The molecule has 0 saturated heterocycles. The summed E-state index contributed by atoms with van der Waals surface area (Å²) in [5.74, 6) is 0. The Hall–Kier alpha value is -0.990. The van der Waals surface area contributed by atoms with Gasteiger partial charge < -0.3 is 0 Å². The first-order chi connectivity index (χ1) is 7.99. The predicted molar refractivity (Wildman–Crippen MR) is 64.1 cm³/mol. The summed E-state index contributed by atoms with van der Waals surface area (Å²) >= 11 is 0. The fourth-order valence-electron chi connectivity index (χ4n) is 1.92. The van der Waals surface area contributed by atoms with Gasteiger partial charge in [-0.15, -0.1) is 0 Å². The monoisotopic (exact) mass is 244 g/mol. The maximum Gasteiger partial charge on any atom is 0.398 e. The third-order valence-electron chi connectivity index (χ3n) is 3.21. The van der Waals surface area contributed by atoms with Crippen LogP contribution in [-0.2, 0) is 11.8 Å². The van der Waals surface area contributed by atoms with E-state index < -0.39 is 11.6 Å². The van der Waals surface area contributed by atoms with Crippen LogP contribution >= 0.6 is 0 Å². The molecule has 1 fully saturated rings. The van der Waals surface area contributed by atoms with Gasteiger partial charge >= 0.3 is 6.18 Å². The largest absolute Gasteiger partial charge is 0.398 e. The van der Waals surface area contributed by atoms with Gasteiger partial charge in [-0.1, -0.05) is 45.0 Å². The first kappa shape index (κ1) is 14.1. The van der Waals surface area contributed by atoms with E-state index >= 15 is 0 Å². The summed E-state index contributed by atoms with van der Waals surface area (Å²) in [4.78, 5) is 0. The molecule has 0 amide bonds. The van der Waals surface area contributed by atoms with E-state index in [9.17, 15) is 13.2 Å². The summed E-state index contributed by atoms with van der Waals surface area (Å²) in [7, 11) is 0. The topological polar surface area (TPSA) is 0 Å². The van der Waals surface area contributed by atoms with E-state index in [4.69, 9.17) is 0 Å². The van der Waals surface area contributed by atoms with Gasteiger partial charge in [0.2, 0.25) is 0 Å². The zero-order chi connectivity index (χ0) is 13.1. The van der Waals surface area contributed by atoms with E-state index in [0.29, 0.717) is 5.56 Å². The molecule has 1 aliphatic carbocycles. The van der Waals surface area contributed by atoms with Crippen LogP contribution in [0.5, 0.6) is 0 Å². The van der Waals surface area contributed by atoms with Crippen LogP contribution in [0.2, 0.25) is 0 Å². The fraction of sp³-hybridized carbons (Fsp3) is 0.571. The molecule has 0 atom stereocenters. The Bertz CT molecular complexity index is 345. The van der Waals surface area contributed by atoms with Gasteiger partial charge in [-0.3, -0.25) is 0 Å². The summed E-state index contributed by atoms with van der Waals surface area (Å²) in [5.41, 5.74) is -0.0249. The number of rotatable bonds is 2. The number of aryl methyl sites for hydroxylation is 1. The number of alkyl halides is 3. The molecule has 0 heterocycles. The highest BCUT2D eigenvalue weighted by Crippen LogP contribution is 2.58. The molecule has 17 heavy (non-hydrogen) atoms. The van der Waals surface area contributed by atoms with E-state index in [-0.39, 0.29) is 12.8 Å². The standard InChI is InChI=1S/C12H13F3.C2H6/c1-2-9-3-5-10(6-4-9)11(7-8-11)12(13,14)15;1-2/h3-6H,2,7-8H2,1H3;1-2H3. The normalized spacial score (nSPS) is 17.1. The second-order valence-electron chi connectivity index (χ2n) is 4.13. The van der Waals surface area contributed by atoms with Crippen molar-refractivity contribution in [3.63, 3.8) is 0 Å². The van der Waals surface area contributed by atoms with E-state index in [0.717, 1.165) is 12.0 Å². The molecule has 0 radical (unpaired) electrons. The third-order valence-corrected chi connectivity index (χ3v) is 3.21. The van der Waals surface area contributed by atoms with Crippen LogP contribution in [0.15, 0.2) is 24.3 Å². The summed E-state index contributed by atoms with van der Waals surface area (Å²) in [6, 6.07) is 6.83. The highest BCUT2D eigenvalue weighted by molar-refractivity contribution is 5.35. The van der Waals surface area contributed by atoms with Crippen LogP contribution in [0, 0.1) is 0 Å². The first-order valence-electron chi connectivity index (χ1n) is 6.16. The molecule has 2 rings (SSSR count). The molecule has 1 aliphatic rings. The van der Waals surface area contributed by atoms with Crippen molar-refractivity contribution in [3.05, 3.63) is 35.4 Å². The van der Waals surface area contributed by atoms with Crippen molar-refractivity contribution < 1.29 is 13.2 Å². The maximum absolute atomic E-state index is 12.8. The van der Waals surface area contributed by atoms with E-state index in [1.165, 1.54) is 0 Å². The molecule has 0 aromatic heterocycles. The molecule has 1 aromatic rings. The molecular formula is C14H19F3. The summed E-state index contributed by atoms with van der Waals surface area (Å²) < 4.78 is 38.3.